The van der Waals surface area contributed by atoms with Crippen molar-refractivity contribution in [3.63, 3.8) is 0 Å². The molecule has 1 unspecified atom stereocenters. The number of hydrogen-bond acceptors (Lipinski definition) is 3. The van der Waals surface area contributed by atoms with Crippen LogP contribution in [0.1, 0.15) is 11.6 Å². The van der Waals surface area contributed by atoms with E-state index in [9.17, 15) is 0 Å². The van der Waals surface area contributed by atoms with Gasteiger partial charge in [0, 0.05) is 11.6 Å². The van der Waals surface area contributed by atoms with E-state index in [1.807, 2.05) is 30.3 Å². The minimum Gasteiger partial charge on any atom is -0.301 e. The standard InChI is InChI=1S/C12H11N3/c1-14-12(8-13)10-4-5-11-9(7-10)3-2-6-15-11/h2-7,12,14H,1H3. The zero-order valence-corrected chi connectivity index (χ0v) is 8.44. The lowest BCUT2D eigenvalue weighted by atomic mass is 10.1. The maximum absolute atomic E-state index is 8.92. The fourth-order valence-corrected chi connectivity index (χ4v) is 1.58. The van der Waals surface area contributed by atoms with Crippen molar-refractivity contribution < 1.29 is 0 Å². The van der Waals surface area contributed by atoms with Crippen LogP contribution in [-0.4, -0.2) is 12.0 Å². The van der Waals surface area contributed by atoms with Gasteiger partial charge in [-0.1, -0.05) is 12.1 Å². The van der Waals surface area contributed by atoms with Crippen molar-refractivity contribution >= 4 is 10.9 Å². The Bertz CT molecular complexity index is 514. The molecule has 0 radical (unpaired) electrons. The van der Waals surface area contributed by atoms with Crippen molar-refractivity contribution in [2.75, 3.05) is 7.05 Å². The summed E-state index contributed by atoms with van der Waals surface area (Å²) in [4.78, 5) is 4.23. The van der Waals surface area contributed by atoms with Crippen molar-refractivity contribution in [1.82, 2.24) is 10.3 Å². The second-order valence-electron chi connectivity index (χ2n) is 3.31. The number of pyridine rings is 1. The number of rotatable bonds is 2. The second-order valence-corrected chi connectivity index (χ2v) is 3.31. The lowest BCUT2D eigenvalue weighted by molar-refractivity contribution is 0.728. The molecule has 0 fully saturated rings. The molecule has 0 bridgehead atoms. The summed E-state index contributed by atoms with van der Waals surface area (Å²) >= 11 is 0. The van der Waals surface area contributed by atoms with E-state index in [2.05, 4.69) is 16.4 Å². The molecule has 3 heteroatoms. The Morgan fingerprint density at radius 2 is 2.27 bits per heavy atom. The maximum atomic E-state index is 8.92. The van der Waals surface area contributed by atoms with Gasteiger partial charge in [0.25, 0.3) is 0 Å². The van der Waals surface area contributed by atoms with Crippen molar-refractivity contribution in [3.8, 4) is 6.07 Å². The third kappa shape index (κ3) is 1.80. The first-order valence-electron chi connectivity index (χ1n) is 4.76. The van der Waals surface area contributed by atoms with E-state index in [4.69, 9.17) is 5.26 Å². The summed E-state index contributed by atoms with van der Waals surface area (Å²) in [7, 11) is 1.78. The van der Waals surface area contributed by atoms with E-state index in [0.717, 1.165) is 16.5 Å². The van der Waals surface area contributed by atoms with Gasteiger partial charge in [0.15, 0.2) is 0 Å². The Morgan fingerprint density at radius 3 is 3.00 bits per heavy atom. The molecule has 0 saturated carbocycles. The third-order valence-electron chi connectivity index (χ3n) is 2.38. The molecule has 74 valence electrons. The van der Waals surface area contributed by atoms with Crippen LogP contribution in [0.2, 0.25) is 0 Å². The highest BCUT2D eigenvalue weighted by Gasteiger charge is 2.07. The van der Waals surface area contributed by atoms with Crippen molar-refractivity contribution in [3.05, 3.63) is 42.1 Å². The van der Waals surface area contributed by atoms with Crippen LogP contribution < -0.4 is 5.32 Å². The molecule has 0 aliphatic rings. The van der Waals surface area contributed by atoms with Gasteiger partial charge in [-0.05, 0) is 30.8 Å². The van der Waals surface area contributed by atoms with Gasteiger partial charge in [0.1, 0.15) is 6.04 Å². The number of nitrogens with one attached hydrogen (secondary N) is 1. The zero-order valence-electron chi connectivity index (χ0n) is 8.44. The minimum atomic E-state index is -0.255. The number of hydrogen-bond donors (Lipinski definition) is 1. The smallest absolute Gasteiger partial charge is 0.121 e. The first kappa shape index (κ1) is 9.63. The predicted molar refractivity (Wildman–Crippen MR) is 59.2 cm³/mol. The van der Waals surface area contributed by atoms with Crippen LogP contribution in [0.4, 0.5) is 0 Å². The molecule has 0 aliphatic carbocycles. The Kier molecular flexibility index (Phi) is 2.61. The Balaban J connectivity index is 2.52. The SMILES string of the molecule is CNC(C#N)c1ccc2ncccc2c1. The largest absolute Gasteiger partial charge is 0.301 e. The normalized spacial score (nSPS) is 12.3. The molecule has 0 amide bonds. The maximum Gasteiger partial charge on any atom is 0.121 e. The van der Waals surface area contributed by atoms with Crippen molar-refractivity contribution in [2.24, 2.45) is 0 Å². The van der Waals surface area contributed by atoms with E-state index in [-0.39, 0.29) is 6.04 Å². The molecule has 2 rings (SSSR count). The van der Waals surface area contributed by atoms with E-state index >= 15 is 0 Å². The topological polar surface area (TPSA) is 48.7 Å². The Hall–Kier alpha value is -1.92. The zero-order chi connectivity index (χ0) is 10.7. The number of fused-ring (bicyclic) bond motifs is 1. The molecule has 1 aromatic carbocycles. The number of nitrogens with zero attached hydrogens (tertiary/aromatic N) is 2. The fraction of sp³-hybridized carbons (Fsp3) is 0.167. The van der Waals surface area contributed by atoms with Gasteiger partial charge in [-0.3, -0.25) is 4.98 Å². The summed E-state index contributed by atoms with van der Waals surface area (Å²) in [6.45, 7) is 0. The molecular weight excluding hydrogens is 186 g/mol. The van der Waals surface area contributed by atoms with Crippen LogP contribution in [0.5, 0.6) is 0 Å². The first-order valence-corrected chi connectivity index (χ1v) is 4.76. The highest BCUT2D eigenvalue weighted by Crippen LogP contribution is 2.18. The van der Waals surface area contributed by atoms with Crippen LogP contribution in [0.3, 0.4) is 0 Å². The highest BCUT2D eigenvalue weighted by molar-refractivity contribution is 5.79. The van der Waals surface area contributed by atoms with Crippen LogP contribution in [0.15, 0.2) is 36.5 Å². The summed E-state index contributed by atoms with van der Waals surface area (Å²) in [5.74, 6) is 0. The summed E-state index contributed by atoms with van der Waals surface area (Å²) < 4.78 is 0. The lowest BCUT2D eigenvalue weighted by Gasteiger charge is -2.08. The van der Waals surface area contributed by atoms with E-state index < -0.39 is 0 Å². The molecular formula is C12H11N3. The molecule has 1 N–H and O–H groups in total. The van der Waals surface area contributed by atoms with Crippen LogP contribution in [-0.2, 0) is 0 Å². The summed E-state index contributed by atoms with van der Waals surface area (Å²) in [6.07, 6.45) is 1.77. The average molecular weight is 197 g/mol. The monoisotopic (exact) mass is 197 g/mol. The van der Waals surface area contributed by atoms with E-state index in [1.54, 1.807) is 13.2 Å². The van der Waals surface area contributed by atoms with Crippen molar-refractivity contribution in [1.29, 1.82) is 5.26 Å². The summed E-state index contributed by atoms with van der Waals surface area (Å²) in [6, 6.07) is 11.7. The number of benzene rings is 1. The van der Waals surface area contributed by atoms with Gasteiger partial charge < -0.3 is 5.32 Å². The summed E-state index contributed by atoms with van der Waals surface area (Å²) in [5.41, 5.74) is 1.93. The van der Waals surface area contributed by atoms with Gasteiger partial charge in [-0.25, -0.2) is 0 Å². The third-order valence-corrected chi connectivity index (χ3v) is 2.38. The van der Waals surface area contributed by atoms with Gasteiger partial charge in [0.2, 0.25) is 0 Å². The van der Waals surface area contributed by atoms with Crippen LogP contribution in [0.25, 0.3) is 10.9 Å². The molecule has 1 heterocycles. The van der Waals surface area contributed by atoms with Gasteiger partial charge >= 0.3 is 0 Å². The minimum absolute atomic E-state index is 0.255. The van der Waals surface area contributed by atoms with Gasteiger partial charge in [-0.2, -0.15) is 5.26 Å². The van der Waals surface area contributed by atoms with Gasteiger partial charge in [-0.15, -0.1) is 0 Å². The Labute approximate surface area is 88.4 Å². The predicted octanol–water partition coefficient (Wildman–Crippen LogP) is 2.02. The number of nitriles is 1. The van der Waals surface area contributed by atoms with Crippen LogP contribution in [0, 0.1) is 11.3 Å². The molecule has 1 atom stereocenters. The first-order chi connectivity index (χ1) is 7.35. The molecule has 2 aromatic rings. The molecule has 0 spiro atoms. The number of aromatic nitrogens is 1. The van der Waals surface area contributed by atoms with Crippen molar-refractivity contribution in [2.45, 2.75) is 6.04 Å². The molecule has 0 saturated heterocycles. The van der Waals surface area contributed by atoms with E-state index in [1.165, 1.54) is 0 Å². The van der Waals surface area contributed by atoms with E-state index in [0.29, 0.717) is 0 Å². The lowest BCUT2D eigenvalue weighted by Crippen LogP contribution is -2.13. The second kappa shape index (κ2) is 4.07. The fourth-order valence-electron chi connectivity index (χ4n) is 1.58. The molecule has 1 aromatic heterocycles. The van der Waals surface area contributed by atoms with Crippen LogP contribution >= 0.6 is 0 Å². The quantitative estimate of drug-likeness (QED) is 0.801. The average Bonchev–Trinajstić information content (AvgIpc) is 2.30. The molecule has 0 aliphatic heterocycles. The Morgan fingerprint density at radius 1 is 1.40 bits per heavy atom. The molecule has 3 nitrogen and oxygen atoms in total. The summed E-state index contributed by atoms with van der Waals surface area (Å²) in [5, 5.41) is 12.9. The molecule has 15 heavy (non-hydrogen) atoms. The van der Waals surface area contributed by atoms with Gasteiger partial charge in [0.05, 0.1) is 11.6 Å². The highest BCUT2D eigenvalue weighted by atomic mass is 14.9.